The van der Waals surface area contributed by atoms with Gasteiger partial charge in [0, 0.05) is 18.2 Å². The summed E-state index contributed by atoms with van der Waals surface area (Å²) in [6.45, 7) is 2.00. The Hall–Kier alpha value is -2.48. The van der Waals surface area contributed by atoms with Crippen molar-refractivity contribution in [2.75, 3.05) is 13.7 Å². The van der Waals surface area contributed by atoms with Gasteiger partial charge in [-0.15, -0.1) is 0 Å². The predicted molar refractivity (Wildman–Crippen MR) is 148 cm³/mol. The van der Waals surface area contributed by atoms with Gasteiger partial charge in [-0.05, 0) is 67.8 Å². The first kappa shape index (κ1) is 27.6. The van der Waals surface area contributed by atoms with Gasteiger partial charge >= 0.3 is 0 Å². The van der Waals surface area contributed by atoms with Crippen LogP contribution in [0.5, 0.6) is 5.75 Å². The number of alkyl halides is 1. The van der Waals surface area contributed by atoms with E-state index in [2.05, 4.69) is 27.3 Å². The van der Waals surface area contributed by atoms with Crippen molar-refractivity contribution in [3.63, 3.8) is 0 Å². The molecule has 37 heavy (non-hydrogen) atoms. The molecule has 1 aliphatic heterocycles. The third-order valence-electron chi connectivity index (χ3n) is 6.25. The minimum absolute atomic E-state index is 0.0793. The summed E-state index contributed by atoms with van der Waals surface area (Å²) in [6, 6.07) is 18.5. The molecule has 0 aliphatic carbocycles. The van der Waals surface area contributed by atoms with Crippen LogP contribution in [0.15, 0.2) is 87.5 Å². The summed E-state index contributed by atoms with van der Waals surface area (Å²) in [5.74, 6) is 0.444. The summed E-state index contributed by atoms with van der Waals surface area (Å²) in [7, 11) is -6.35. The largest absolute Gasteiger partial charge is 0.497 e. The van der Waals surface area contributed by atoms with Crippen molar-refractivity contribution in [3.05, 3.63) is 83.9 Å². The van der Waals surface area contributed by atoms with Crippen molar-refractivity contribution in [2.24, 2.45) is 0 Å². The first-order valence-electron chi connectivity index (χ1n) is 11.5. The quantitative estimate of drug-likeness (QED) is 0.233. The maximum Gasteiger partial charge on any atom is 0.254 e. The third-order valence-corrected chi connectivity index (χ3v) is 10.9. The Labute approximate surface area is 231 Å². The molecule has 2 unspecified atom stereocenters. The monoisotopic (exact) mass is 654 g/mol. The van der Waals surface area contributed by atoms with Crippen LogP contribution in [0.2, 0.25) is 0 Å². The number of piperidine rings is 1. The Morgan fingerprint density at radius 3 is 2.38 bits per heavy atom. The SMILES string of the molecule is COc1cccc(C(=O)N2CCC(NS(=O)(=O)c3cc(S(=O)(=O)c4ccccc4)ccc3C)CC2I)c1. The van der Waals surface area contributed by atoms with E-state index in [1.807, 2.05) is 0 Å². The van der Waals surface area contributed by atoms with Crippen LogP contribution in [-0.2, 0) is 19.9 Å². The fourth-order valence-corrected chi connectivity index (χ4v) is 8.31. The predicted octanol–water partition coefficient (Wildman–Crippen LogP) is 4.18. The summed E-state index contributed by atoms with van der Waals surface area (Å²) in [6.07, 6.45) is 0.839. The lowest BCUT2D eigenvalue weighted by molar-refractivity contribution is 0.0695. The molecule has 8 nitrogen and oxygen atoms in total. The zero-order chi connectivity index (χ0) is 26.8. The summed E-state index contributed by atoms with van der Waals surface area (Å²) in [4.78, 5) is 14.7. The molecule has 1 aliphatic rings. The van der Waals surface area contributed by atoms with E-state index in [0.29, 0.717) is 36.3 Å². The maximum absolute atomic E-state index is 13.3. The average molecular weight is 655 g/mol. The van der Waals surface area contributed by atoms with E-state index in [1.54, 1.807) is 54.3 Å². The number of benzene rings is 3. The number of sulfone groups is 1. The van der Waals surface area contributed by atoms with E-state index in [9.17, 15) is 21.6 Å². The van der Waals surface area contributed by atoms with Gasteiger partial charge in [0.2, 0.25) is 19.9 Å². The van der Waals surface area contributed by atoms with Crippen LogP contribution in [-0.4, -0.2) is 51.4 Å². The molecule has 0 saturated carbocycles. The molecule has 3 aromatic rings. The van der Waals surface area contributed by atoms with E-state index < -0.39 is 25.9 Å². The van der Waals surface area contributed by atoms with E-state index in [1.165, 1.54) is 37.4 Å². The van der Waals surface area contributed by atoms with E-state index in [0.717, 1.165) is 0 Å². The summed E-state index contributed by atoms with van der Waals surface area (Å²) >= 11 is 2.15. The van der Waals surface area contributed by atoms with E-state index >= 15 is 0 Å². The van der Waals surface area contributed by atoms with Gasteiger partial charge in [-0.25, -0.2) is 21.6 Å². The minimum Gasteiger partial charge on any atom is -0.497 e. The van der Waals surface area contributed by atoms with Crippen molar-refractivity contribution in [2.45, 2.75) is 44.5 Å². The molecule has 2 atom stereocenters. The highest BCUT2D eigenvalue weighted by molar-refractivity contribution is 14.1. The van der Waals surface area contributed by atoms with E-state index in [4.69, 9.17) is 4.74 Å². The number of sulfonamides is 1. The number of ether oxygens (including phenoxy) is 1. The van der Waals surface area contributed by atoms with Gasteiger partial charge in [-0.2, -0.15) is 0 Å². The highest BCUT2D eigenvalue weighted by Gasteiger charge is 2.33. The highest BCUT2D eigenvalue weighted by atomic mass is 127. The van der Waals surface area contributed by atoms with E-state index in [-0.39, 0.29) is 24.6 Å². The van der Waals surface area contributed by atoms with Crippen molar-refractivity contribution in [1.29, 1.82) is 0 Å². The van der Waals surface area contributed by atoms with Gasteiger partial charge in [-0.3, -0.25) is 4.79 Å². The molecule has 0 radical (unpaired) electrons. The topological polar surface area (TPSA) is 110 Å². The number of likely N-dealkylation sites (tertiary alicyclic amines) is 1. The molecule has 0 spiro atoms. The standard InChI is InChI=1S/C26H27IN2O6S2/c1-18-11-12-23(36(31,32)22-9-4-3-5-10-22)17-24(18)37(33,34)28-20-13-14-29(25(27)16-20)26(30)19-7-6-8-21(15-19)35-2/h3-12,15,17,20,25,28H,13-14,16H2,1-2H3. The number of carbonyl (C=O) groups excluding carboxylic acids is 1. The second-order valence-electron chi connectivity index (χ2n) is 8.75. The van der Waals surface area contributed by atoms with Crippen LogP contribution >= 0.6 is 22.6 Å². The number of methoxy groups -OCH3 is 1. The summed E-state index contributed by atoms with van der Waals surface area (Å²) < 4.78 is 60.5. The maximum atomic E-state index is 13.3. The summed E-state index contributed by atoms with van der Waals surface area (Å²) in [5.41, 5.74) is 0.947. The molecule has 4 rings (SSSR count). The number of nitrogens with one attached hydrogen (secondary N) is 1. The highest BCUT2D eigenvalue weighted by Crippen LogP contribution is 2.29. The van der Waals surface area contributed by atoms with Crippen LogP contribution in [0.25, 0.3) is 0 Å². The third kappa shape index (κ3) is 6.00. The van der Waals surface area contributed by atoms with Crippen LogP contribution < -0.4 is 9.46 Å². The number of aryl methyl sites for hydroxylation is 1. The Kier molecular flexibility index (Phi) is 8.26. The number of carbonyl (C=O) groups is 1. The Balaban J connectivity index is 1.51. The Morgan fingerprint density at radius 1 is 0.973 bits per heavy atom. The molecule has 196 valence electrons. The normalized spacial score (nSPS) is 18.4. The molecule has 1 amide bonds. The zero-order valence-corrected chi connectivity index (χ0v) is 24.1. The number of rotatable bonds is 7. The van der Waals surface area contributed by atoms with Crippen LogP contribution in [0.1, 0.15) is 28.8 Å². The molecule has 1 N–H and O–H groups in total. The minimum atomic E-state index is -4.02. The van der Waals surface area contributed by atoms with Crippen LogP contribution in [0.4, 0.5) is 0 Å². The number of hydrogen-bond acceptors (Lipinski definition) is 6. The number of hydrogen-bond donors (Lipinski definition) is 1. The molecule has 0 aromatic heterocycles. The van der Waals surface area contributed by atoms with Crippen molar-refractivity contribution in [1.82, 2.24) is 9.62 Å². The van der Waals surface area contributed by atoms with Gasteiger partial charge < -0.3 is 9.64 Å². The van der Waals surface area contributed by atoms with Crippen LogP contribution in [0, 0.1) is 6.92 Å². The second kappa shape index (κ2) is 11.1. The lowest BCUT2D eigenvalue weighted by atomic mass is 10.0. The van der Waals surface area contributed by atoms with Gasteiger partial charge in [0.1, 0.15) is 5.75 Å². The van der Waals surface area contributed by atoms with Gasteiger partial charge in [0.25, 0.3) is 5.91 Å². The lowest BCUT2D eigenvalue weighted by Crippen LogP contribution is -2.49. The van der Waals surface area contributed by atoms with Crippen molar-refractivity contribution in [3.8, 4) is 5.75 Å². The second-order valence-corrected chi connectivity index (χ2v) is 13.8. The summed E-state index contributed by atoms with van der Waals surface area (Å²) in [5, 5.41) is 0. The average Bonchev–Trinajstić information content (AvgIpc) is 2.88. The number of nitrogens with zero attached hydrogens (tertiary/aromatic N) is 1. The molecule has 1 heterocycles. The van der Waals surface area contributed by atoms with Crippen LogP contribution in [0.3, 0.4) is 0 Å². The molecule has 1 saturated heterocycles. The first-order valence-corrected chi connectivity index (χ1v) is 15.8. The van der Waals surface area contributed by atoms with Crippen molar-refractivity contribution >= 4 is 48.4 Å². The number of halogens is 1. The molecule has 11 heteroatoms. The number of amides is 1. The molecular formula is C26H27IN2O6S2. The zero-order valence-electron chi connectivity index (χ0n) is 20.3. The Bertz CT molecular complexity index is 1510. The fourth-order valence-electron chi connectivity index (χ4n) is 4.23. The Morgan fingerprint density at radius 2 is 1.70 bits per heavy atom. The van der Waals surface area contributed by atoms with Gasteiger partial charge in [-0.1, -0.05) is 52.9 Å². The fraction of sp³-hybridized carbons (Fsp3) is 0.269. The van der Waals surface area contributed by atoms with Crippen molar-refractivity contribution < 1.29 is 26.4 Å². The molecular weight excluding hydrogens is 627 g/mol. The van der Waals surface area contributed by atoms with Gasteiger partial charge in [0.05, 0.1) is 25.8 Å². The first-order chi connectivity index (χ1) is 17.5. The van der Waals surface area contributed by atoms with Gasteiger partial charge in [0.15, 0.2) is 0 Å². The molecule has 0 bridgehead atoms. The smallest absolute Gasteiger partial charge is 0.254 e. The molecule has 3 aromatic carbocycles. The lowest BCUT2D eigenvalue weighted by Gasteiger charge is -2.36. The molecule has 1 fully saturated rings.